The predicted molar refractivity (Wildman–Crippen MR) is 70.2 cm³/mol. The van der Waals surface area contributed by atoms with Crippen LogP contribution in [0.15, 0.2) is 34.8 Å². The van der Waals surface area contributed by atoms with Gasteiger partial charge in [-0.05, 0) is 28.4 Å². The minimum absolute atomic E-state index is 0.325. The van der Waals surface area contributed by atoms with Crippen molar-refractivity contribution in [2.24, 2.45) is 7.05 Å². The van der Waals surface area contributed by atoms with E-state index in [-0.39, 0.29) is 0 Å². The summed E-state index contributed by atoms with van der Waals surface area (Å²) in [5, 5.41) is 9.19. The van der Waals surface area contributed by atoms with Crippen LogP contribution < -0.4 is 0 Å². The fourth-order valence-corrected chi connectivity index (χ4v) is 2.88. The first-order valence-corrected chi connectivity index (χ1v) is 5.96. The van der Waals surface area contributed by atoms with Crippen LogP contribution in [-0.2, 0) is 7.05 Å². The highest BCUT2D eigenvalue weighted by molar-refractivity contribution is 9.10. The van der Waals surface area contributed by atoms with Gasteiger partial charge in [-0.1, -0.05) is 30.3 Å². The molecule has 0 radical (unpaired) electrons. The quantitative estimate of drug-likeness (QED) is 0.921. The third kappa shape index (κ3) is 1.89. The van der Waals surface area contributed by atoms with Gasteiger partial charge in [0.2, 0.25) is 0 Å². The predicted octanol–water partition coefficient (Wildman–Crippen LogP) is 3.46. The molecule has 0 aliphatic carbocycles. The molecule has 0 fully saturated rings. The zero-order chi connectivity index (χ0) is 12.6. The highest BCUT2D eigenvalue weighted by Gasteiger charge is 2.22. The van der Waals surface area contributed by atoms with E-state index < -0.39 is 5.97 Å². The van der Waals surface area contributed by atoms with E-state index >= 15 is 0 Å². The molecule has 1 N–H and O–H groups in total. The number of benzene rings is 1. The molecule has 88 valence electrons. The zero-order valence-corrected chi connectivity index (χ0v) is 11.2. The number of rotatable bonds is 2. The average Bonchev–Trinajstić information content (AvgIpc) is 2.51. The molecule has 0 amide bonds. The summed E-state index contributed by atoms with van der Waals surface area (Å²) in [5.74, 6) is -0.910. The summed E-state index contributed by atoms with van der Waals surface area (Å²) in [5.41, 5.74) is 2.95. The van der Waals surface area contributed by atoms with E-state index in [1.165, 1.54) is 0 Å². The molecule has 1 aromatic carbocycles. The van der Waals surface area contributed by atoms with Gasteiger partial charge in [0.15, 0.2) is 0 Å². The Bertz CT molecular complexity index is 573. The lowest BCUT2D eigenvalue weighted by Gasteiger charge is -2.05. The molecule has 2 rings (SSSR count). The van der Waals surface area contributed by atoms with E-state index in [2.05, 4.69) is 15.9 Å². The van der Waals surface area contributed by atoms with Crippen LogP contribution in [-0.4, -0.2) is 15.6 Å². The molecule has 0 aliphatic heterocycles. The number of aromatic nitrogens is 1. The topological polar surface area (TPSA) is 42.2 Å². The summed E-state index contributed by atoms with van der Waals surface area (Å²) in [4.78, 5) is 11.2. The van der Waals surface area contributed by atoms with Gasteiger partial charge in [0, 0.05) is 12.7 Å². The SMILES string of the molecule is Cc1c(C(=O)O)c(Br)c(-c2ccccc2)n1C. The fraction of sp³-hybridized carbons (Fsp3) is 0.154. The van der Waals surface area contributed by atoms with Crippen molar-refractivity contribution < 1.29 is 9.90 Å². The summed E-state index contributed by atoms with van der Waals surface area (Å²) in [6.45, 7) is 1.81. The summed E-state index contributed by atoms with van der Waals surface area (Å²) >= 11 is 3.39. The molecular formula is C13H12BrNO2. The van der Waals surface area contributed by atoms with Crippen LogP contribution in [0.4, 0.5) is 0 Å². The van der Waals surface area contributed by atoms with Gasteiger partial charge in [0.25, 0.3) is 0 Å². The van der Waals surface area contributed by atoms with Crippen LogP contribution in [0.25, 0.3) is 11.3 Å². The molecule has 3 nitrogen and oxygen atoms in total. The van der Waals surface area contributed by atoms with Crippen molar-refractivity contribution in [2.45, 2.75) is 6.92 Å². The maximum Gasteiger partial charge on any atom is 0.338 e. The lowest BCUT2D eigenvalue weighted by Crippen LogP contribution is -2.00. The number of carboxylic acids is 1. The van der Waals surface area contributed by atoms with Gasteiger partial charge in [-0.15, -0.1) is 0 Å². The molecule has 0 unspecified atom stereocenters. The van der Waals surface area contributed by atoms with Crippen molar-refractivity contribution in [3.63, 3.8) is 0 Å². The maximum absolute atomic E-state index is 11.2. The second-order valence-electron chi connectivity index (χ2n) is 3.85. The van der Waals surface area contributed by atoms with Gasteiger partial charge in [-0.3, -0.25) is 0 Å². The highest BCUT2D eigenvalue weighted by atomic mass is 79.9. The van der Waals surface area contributed by atoms with E-state index in [9.17, 15) is 9.90 Å². The molecule has 1 heterocycles. The van der Waals surface area contributed by atoms with Gasteiger partial charge in [-0.25, -0.2) is 4.79 Å². The van der Waals surface area contributed by atoms with Gasteiger partial charge >= 0.3 is 5.97 Å². The second kappa shape index (κ2) is 4.37. The van der Waals surface area contributed by atoms with Crippen molar-refractivity contribution in [1.29, 1.82) is 0 Å². The van der Waals surface area contributed by atoms with E-state index in [0.29, 0.717) is 10.0 Å². The van der Waals surface area contributed by atoms with Crippen molar-refractivity contribution in [3.8, 4) is 11.3 Å². The first-order valence-electron chi connectivity index (χ1n) is 5.17. The van der Waals surface area contributed by atoms with E-state index in [4.69, 9.17) is 0 Å². The van der Waals surface area contributed by atoms with Crippen LogP contribution in [0.2, 0.25) is 0 Å². The summed E-state index contributed by atoms with van der Waals surface area (Å²) in [7, 11) is 1.87. The normalized spacial score (nSPS) is 10.5. The van der Waals surface area contributed by atoms with Crippen molar-refractivity contribution in [2.75, 3.05) is 0 Å². The number of nitrogens with zero attached hydrogens (tertiary/aromatic N) is 1. The molecule has 17 heavy (non-hydrogen) atoms. The molecule has 0 spiro atoms. The van der Waals surface area contributed by atoms with Gasteiger partial charge in [0.1, 0.15) is 0 Å². The Kier molecular flexibility index (Phi) is 3.07. The van der Waals surface area contributed by atoms with Crippen LogP contribution in [0.3, 0.4) is 0 Å². The summed E-state index contributed by atoms with van der Waals surface area (Å²) in [6.07, 6.45) is 0. The lowest BCUT2D eigenvalue weighted by atomic mass is 10.1. The molecule has 4 heteroatoms. The van der Waals surface area contributed by atoms with Crippen molar-refractivity contribution in [1.82, 2.24) is 4.57 Å². The number of aromatic carboxylic acids is 1. The Balaban J connectivity index is 2.72. The molecule has 0 saturated heterocycles. The maximum atomic E-state index is 11.2. The van der Waals surface area contributed by atoms with Gasteiger partial charge in [0.05, 0.1) is 15.7 Å². The molecule has 0 saturated carbocycles. The lowest BCUT2D eigenvalue weighted by molar-refractivity contribution is 0.0695. The highest BCUT2D eigenvalue weighted by Crippen LogP contribution is 2.34. The van der Waals surface area contributed by atoms with E-state index in [1.807, 2.05) is 41.9 Å². The van der Waals surface area contributed by atoms with Crippen LogP contribution in [0.1, 0.15) is 16.1 Å². The number of carboxylic acid groups (broad SMARTS) is 1. The van der Waals surface area contributed by atoms with Crippen LogP contribution >= 0.6 is 15.9 Å². The average molecular weight is 294 g/mol. The first kappa shape index (κ1) is 11.9. The molecule has 1 aromatic heterocycles. The number of hydrogen-bond donors (Lipinski definition) is 1. The van der Waals surface area contributed by atoms with Gasteiger partial charge < -0.3 is 9.67 Å². The Labute approximate surface area is 108 Å². The third-order valence-electron chi connectivity index (χ3n) is 2.89. The first-order chi connectivity index (χ1) is 8.04. The minimum Gasteiger partial charge on any atom is -0.478 e. The Morgan fingerprint density at radius 2 is 1.88 bits per heavy atom. The summed E-state index contributed by atoms with van der Waals surface area (Å²) in [6, 6.07) is 9.73. The monoisotopic (exact) mass is 293 g/mol. The largest absolute Gasteiger partial charge is 0.478 e. The van der Waals surface area contributed by atoms with E-state index in [1.54, 1.807) is 6.92 Å². The number of hydrogen-bond acceptors (Lipinski definition) is 1. The molecular weight excluding hydrogens is 282 g/mol. The fourth-order valence-electron chi connectivity index (χ4n) is 1.92. The smallest absolute Gasteiger partial charge is 0.338 e. The third-order valence-corrected chi connectivity index (χ3v) is 3.66. The Morgan fingerprint density at radius 1 is 1.29 bits per heavy atom. The standard InChI is InChI=1S/C13H12BrNO2/c1-8-10(13(16)17)11(14)12(15(8)2)9-6-4-3-5-7-9/h3-7H,1-2H3,(H,16,17). The second-order valence-corrected chi connectivity index (χ2v) is 4.65. The zero-order valence-electron chi connectivity index (χ0n) is 9.57. The van der Waals surface area contributed by atoms with E-state index in [0.717, 1.165) is 17.0 Å². The minimum atomic E-state index is -0.910. The van der Waals surface area contributed by atoms with Gasteiger partial charge in [-0.2, -0.15) is 0 Å². The molecule has 2 aromatic rings. The van der Waals surface area contributed by atoms with Crippen LogP contribution in [0.5, 0.6) is 0 Å². The van der Waals surface area contributed by atoms with Crippen molar-refractivity contribution in [3.05, 3.63) is 46.1 Å². The van der Waals surface area contributed by atoms with Crippen molar-refractivity contribution >= 4 is 21.9 Å². The number of halogens is 1. The Morgan fingerprint density at radius 3 is 2.35 bits per heavy atom. The van der Waals surface area contributed by atoms with Crippen LogP contribution in [0, 0.1) is 6.92 Å². The Hall–Kier alpha value is -1.55. The number of carbonyl (C=O) groups is 1. The molecule has 0 atom stereocenters. The summed E-state index contributed by atoms with van der Waals surface area (Å²) < 4.78 is 2.53. The molecule has 0 aliphatic rings. The molecule has 0 bridgehead atoms.